The maximum Gasteiger partial charge on any atom is 0.205 e. The molecule has 0 saturated heterocycles. The number of halogens is 2. The van der Waals surface area contributed by atoms with E-state index in [-0.39, 0.29) is 6.04 Å². The summed E-state index contributed by atoms with van der Waals surface area (Å²) < 4.78 is 15.4. The Labute approximate surface area is 108 Å². The van der Waals surface area contributed by atoms with Gasteiger partial charge in [-0.1, -0.05) is 29.8 Å². The van der Waals surface area contributed by atoms with Gasteiger partial charge in [0.15, 0.2) is 12.0 Å². The van der Waals surface area contributed by atoms with Crippen LogP contribution in [-0.2, 0) is 0 Å². The molecule has 6 heteroatoms. The lowest BCUT2D eigenvalue weighted by Gasteiger charge is -2.13. The van der Waals surface area contributed by atoms with Gasteiger partial charge in [-0.2, -0.15) is 0 Å². The second kappa shape index (κ2) is 3.99. The van der Waals surface area contributed by atoms with Crippen LogP contribution in [-0.4, -0.2) is 14.8 Å². The molecule has 17 heavy (non-hydrogen) atoms. The van der Waals surface area contributed by atoms with Gasteiger partial charge in [0.1, 0.15) is 0 Å². The van der Waals surface area contributed by atoms with Gasteiger partial charge in [0.25, 0.3) is 0 Å². The van der Waals surface area contributed by atoms with Crippen molar-refractivity contribution in [1.29, 1.82) is 0 Å². The number of thiol groups is 1. The van der Waals surface area contributed by atoms with Gasteiger partial charge < -0.3 is 0 Å². The number of hydrogen-bond acceptors (Lipinski definition) is 3. The van der Waals surface area contributed by atoms with Crippen LogP contribution in [0.15, 0.2) is 29.4 Å². The average molecular weight is 270 g/mol. The van der Waals surface area contributed by atoms with E-state index in [0.29, 0.717) is 22.4 Å². The predicted molar refractivity (Wildman–Crippen MR) is 65.3 cm³/mol. The van der Waals surface area contributed by atoms with Crippen molar-refractivity contribution in [2.45, 2.75) is 23.8 Å². The fourth-order valence-corrected chi connectivity index (χ4v) is 2.63. The van der Waals surface area contributed by atoms with Crippen LogP contribution in [0.3, 0.4) is 0 Å². The van der Waals surface area contributed by atoms with Crippen LogP contribution in [0.5, 0.6) is 0 Å². The van der Waals surface area contributed by atoms with E-state index in [2.05, 4.69) is 22.7 Å². The molecule has 0 fully saturated rings. The number of rotatable bonds is 1. The minimum absolute atomic E-state index is 0.193. The van der Waals surface area contributed by atoms with E-state index < -0.39 is 6.17 Å². The third-order valence-electron chi connectivity index (χ3n) is 2.92. The maximum absolute atomic E-state index is 13.8. The Morgan fingerprint density at radius 1 is 1.41 bits per heavy atom. The first kappa shape index (κ1) is 11.0. The number of hydrogen-bond donors (Lipinski definition) is 1. The highest BCUT2D eigenvalue weighted by Gasteiger charge is 2.35. The van der Waals surface area contributed by atoms with Gasteiger partial charge in [0.2, 0.25) is 5.16 Å². The summed E-state index contributed by atoms with van der Waals surface area (Å²) in [5.74, 6) is 0.333. The zero-order valence-corrected chi connectivity index (χ0v) is 10.4. The Bertz CT molecular complexity index is 572. The van der Waals surface area contributed by atoms with Crippen LogP contribution < -0.4 is 0 Å². The molecular weight excluding hydrogens is 261 g/mol. The van der Waals surface area contributed by atoms with Crippen LogP contribution in [0.1, 0.15) is 30.0 Å². The summed E-state index contributed by atoms with van der Waals surface area (Å²) in [6.07, 6.45) is -0.780. The molecular formula is C11H9ClFN3S. The average Bonchev–Trinajstić information content (AvgIpc) is 2.80. The number of alkyl halides is 1. The Morgan fingerprint density at radius 3 is 2.94 bits per heavy atom. The molecule has 2 aromatic rings. The van der Waals surface area contributed by atoms with Crippen LogP contribution in [0.2, 0.25) is 5.02 Å². The van der Waals surface area contributed by atoms with E-state index in [1.54, 1.807) is 10.7 Å². The Kier molecular flexibility index (Phi) is 2.60. The minimum Gasteiger partial charge on any atom is -0.239 e. The SMILES string of the molecule is F[C@H]1C[C@@H](c2ccccc2Cl)n2nc(S)nc21. The molecule has 0 saturated carbocycles. The second-order valence-corrected chi connectivity index (χ2v) is 4.76. The van der Waals surface area contributed by atoms with Crippen molar-refractivity contribution >= 4 is 24.2 Å². The quantitative estimate of drug-likeness (QED) is 0.806. The minimum atomic E-state index is -1.11. The van der Waals surface area contributed by atoms with Crippen molar-refractivity contribution in [3.8, 4) is 0 Å². The highest BCUT2D eigenvalue weighted by atomic mass is 35.5. The number of nitrogens with zero attached hydrogens (tertiary/aromatic N) is 3. The summed E-state index contributed by atoms with van der Waals surface area (Å²) in [5.41, 5.74) is 0.869. The molecule has 1 aliphatic heterocycles. The van der Waals surface area contributed by atoms with Crippen LogP contribution >= 0.6 is 24.2 Å². The van der Waals surface area contributed by atoms with E-state index in [4.69, 9.17) is 11.6 Å². The van der Waals surface area contributed by atoms with Crippen molar-refractivity contribution in [3.63, 3.8) is 0 Å². The lowest BCUT2D eigenvalue weighted by molar-refractivity contribution is 0.327. The van der Waals surface area contributed by atoms with E-state index in [1.165, 1.54) is 0 Å². The Balaban J connectivity index is 2.10. The molecule has 2 atom stereocenters. The second-order valence-electron chi connectivity index (χ2n) is 3.96. The highest BCUT2D eigenvalue weighted by molar-refractivity contribution is 7.80. The normalized spacial score (nSPS) is 22.8. The molecule has 0 unspecified atom stereocenters. The van der Waals surface area contributed by atoms with Crippen LogP contribution in [0.4, 0.5) is 4.39 Å². The van der Waals surface area contributed by atoms with Crippen molar-refractivity contribution in [1.82, 2.24) is 14.8 Å². The largest absolute Gasteiger partial charge is 0.239 e. The summed E-state index contributed by atoms with van der Waals surface area (Å²) in [4.78, 5) is 3.98. The lowest BCUT2D eigenvalue weighted by atomic mass is 10.0. The molecule has 88 valence electrons. The van der Waals surface area contributed by atoms with Crippen molar-refractivity contribution in [3.05, 3.63) is 40.7 Å². The Morgan fingerprint density at radius 2 is 2.18 bits per heavy atom. The molecule has 0 spiro atoms. The smallest absolute Gasteiger partial charge is 0.205 e. The standard InChI is InChI=1S/C11H9ClFN3S/c12-7-4-2-1-3-6(7)9-5-8(13)10-14-11(17)15-16(9)10/h1-4,8-9H,5H2,(H,15,17)/t8-,9-/m0/s1. The van der Waals surface area contributed by atoms with Crippen molar-refractivity contribution in [2.24, 2.45) is 0 Å². The van der Waals surface area contributed by atoms with E-state index in [1.807, 2.05) is 18.2 Å². The molecule has 0 N–H and O–H groups in total. The number of benzene rings is 1. The first-order chi connectivity index (χ1) is 8.16. The summed E-state index contributed by atoms with van der Waals surface area (Å²) in [6.45, 7) is 0. The molecule has 0 amide bonds. The summed E-state index contributed by atoms with van der Waals surface area (Å²) in [7, 11) is 0. The number of fused-ring (bicyclic) bond motifs is 1. The van der Waals surface area contributed by atoms with Crippen LogP contribution in [0, 0.1) is 0 Å². The number of aromatic nitrogens is 3. The molecule has 0 aliphatic carbocycles. The van der Waals surface area contributed by atoms with Crippen molar-refractivity contribution < 1.29 is 4.39 Å². The van der Waals surface area contributed by atoms with E-state index >= 15 is 0 Å². The fraction of sp³-hybridized carbons (Fsp3) is 0.273. The lowest BCUT2D eigenvalue weighted by Crippen LogP contribution is -2.07. The van der Waals surface area contributed by atoms with E-state index in [0.717, 1.165) is 5.56 Å². The van der Waals surface area contributed by atoms with Gasteiger partial charge in [-0.3, -0.25) is 0 Å². The zero-order chi connectivity index (χ0) is 12.0. The van der Waals surface area contributed by atoms with Gasteiger partial charge in [-0.05, 0) is 11.6 Å². The summed E-state index contributed by atoms with van der Waals surface area (Å²) in [5, 5.41) is 5.02. The molecule has 0 radical (unpaired) electrons. The molecule has 1 aromatic heterocycles. The highest BCUT2D eigenvalue weighted by Crippen LogP contribution is 2.41. The topological polar surface area (TPSA) is 30.7 Å². The molecule has 3 rings (SSSR count). The summed E-state index contributed by atoms with van der Waals surface area (Å²) >= 11 is 10.2. The van der Waals surface area contributed by atoms with Gasteiger partial charge >= 0.3 is 0 Å². The maximum atomic E-state index is 13.8. The third kappa shape index (κ3) is 1.73. The van der Waals surface area contributed by atoms with Gasteiger partial charge in [-0.25, -0.2) is 14.1 Å². The fourth-order valence-electron chi connectivity index (χ4n) is 2.17. The van der Waals surface area contributed by atoms with Crippen molar-refractivity contribution in [2.75, 3.05) is 0 Å². The molecule has 1 aliphatic rings. The van der Waals surface area contributed by atoms with Gasteiger partial charge in [-0.15, -0.1) is 17.7 Å². The molecule has 1 aromatic carbocycles. The Hall–Kier alpha value is -1.07. The monoisotopic (exact) mass is 269 g/mol. The predicted octanol–water partition coefficient (Wildman–Crippen LogP) is 3.22. The van der Waals surface area contributed by atoms with Gasteiger partial charge in [0, 0.05) is 11.4 Å². The van der Waals surface area contributed by atoms with Crippen LogP contribution in [0.25, 0.3) is 0 Å². The van der Waals surface area contributed by atoms with Gasteiger partial charge in [0.05, 0.1) is 6.04 Å². The first-order valence-corrected chi connectivity index (χ1v) is 6.03. The first-order valence-electron chi connectivity index (χ1n) is 5.20. The zero-order valence-electron chi connectivity index (χ0n) is 8.72. The summed E-state index contributed by atoms with van der Waals surface area (Å²) in [6, 6.07) is 7.21. The molecule has 3 nitrogen and oxygen atoms in total. The third-order valence-corrected chi connectivity index (χ3v) is 3.45. The molecule has 0 bridgehead atoms. The van der Waals surface area contributed by atoms with E-state index in [9.17, 15) is 4.39 Å². The molecule has 2 heterocycles.